The summed E-state index contributed by atoms with van der Waals surface area (Å²) in [4.78, 5) is 17.3. The molecule has 3 heteroatoms. The topological polar surface area (TPSA) is 23.6 Å². The fraction of sp³-hybridized carbons (Fsp3) is 0.409. The number of aryl methyl sites for hydroxylation is 1. The van der Waals surface area contributed by atoms with Crippen LogP contribution >= 0.6 is 0 Å². The highest BCUT2D eigenvalue weighted by molar-refractivity contribution is 5.83. The van der Waals surface area contributed by atoms with Gasteiger partial charge in [-0.15, -0.1) is 0 Å². The summed E-state index contributed by atoms with van der Waals surface area (Å²) in [5, 5.41) is 0. The van der Waals surface area contributed by atoms with Crippen molar-refractivity contribution in [3.8, 4) is 0 Å². The van der Waals surface area contributed by atoms with Gasteiger partial charge in [0.05, 0.1) is 0 Å². The van der Waals surface area contributed by atoms with Gasteiger partial charge in [0.2, 0.25) is 5.91 Å². The van der Waals surface area contributed by atoms with Crippen LogP contribution in [0.25, 0.3) is 0 Å². The fourth-order valence-electron chi connectivity index (χ4n) is 3.97. The van der Waals surface area contributed by atoms with E-state index in [0.29, 0.717) is 11.8 Å². The Hall–Kier alpha value is -2.13. The number of benzene rings is 2. The number of piperazine rings is 1. The van der Waals surface area contributed by atoms with E-state index in [1.165, 1.54) is 16.7 Å². The molecule has 1 saturated heterocycles. The van der Waals surface area contributed by atoms with Gasteiger partial charge in [0, 0.05) is 38.6 Å². The molecule has 2 aliphatic rings. The molecular formula is C22H26N2O. The van der Waals surface area contributed by atoms with E-state index >= 15 is 0 Å². The van der Waals surface area contributed by atoms with Gasteiger partial charge in [0.25, 0.3) is 0 Å². The SMILES string of the molecule is Cc1cccc(CN2CCN(C(=O)C3CC3c3ccccc3)CC2)c1. The van der Waals surface area contributed by atoms with Gasteiger partial charge in [0.1, 0.15) is 0 Å². The van der Waals surface area contributed by atoms with Crippen molar-refractivity contribution in [3.05, 3.63) is 71.3 Å². The summed E-state index contributed by atoms with van der Waals surface area (Å²) in [6.07, 6.45) is 1.02. The molecule has 1 saturated carbocycles. The van der Waals surface area contributed by atoms with Crippen molar-refractivity contribution >= 4 is 5.91 Å². The van der Waals surface area contributed by atoms with Crippen molar-refractivity contribution < 1.29 is 4.79 Å². The summed E-state index contributed by atoms with van der Waals surface area (Å²) in [5.41, 5.74) is 4.00. The molecule has 1 aliphatic carbocycles. The van der Waals surface area contributed by atoms with Crippen molar-refractivity contribution in [3.63, 3.8) is 0 Å². The lowest BCUT2D eigenvalue weighted by Crippen LogP contribution is -2.48. The summed E-state index contributed by atoms with van der Waals surface area (Å²) in [6, 6.07) is 19.2. The molecule has 130 valence electrons. The molecule has 2 fully saturated rings. The summed E-state index contributed by atoms with van der Waals surface area (Å²) in [7, 11) is 0. The van der Waals surface area contributed by atoms with E-state index in [1.54, 1.807) is 0 Å². The van der Waals surface area contributed by atoms with Crippen molar-refractivity contribution in [1.29, 1.82) is 0 Å². The Balaban J connectivity index is 1.28. The second kappa shape index (κ2) is 7.01. The second-order valence-electron chi connectivity index (χ2n) is 7.45. The van der Waals surface area contributed by atoms with E-state index in [9.17, 15) is 4.79 Å². The Labute approximate surface area is 150 Å². The van der Waals surface area contributed by atoms with E-state index in [4.69, 9.17) is 0 Å². The Morgan fingerprint density at radius 3 is 2.48 bits per heavy atom. The van der Waals surface area contributed by atoms with Crippen LogP contribution in [0, 0.1) is 12.8 Å². The molecule has 2 aromatic carbocycles. The molecule has 0 radical (unpaired) electrons. The average Bonchev–Trinajstić information content (AvgIpc) is 3.43. The van der Waals surface area contributed by atoms with Crippen LogP contribution < -0.4 is 0 Å². The molecule has 1 heterocycles. The first-order valence-electron chi connectivity index (χ1n) is 9.32. The lowest BCUT2D eigenvalue weighted by atomic mass is 10.1. The van der Waals surface area contributed by atoms with Crippen molar-refractivity contribution in [1.82, 2.24) is 9.80 Å². The number of hydrogen-bond acceptors (Lipinski definition) is 2. The van der Waals surface area contributed by atoms with Gasteiger partial charge in [-0.05, 0) is 30.4 Å². The predicted molar refractivity (Wildman–Crippen MR) is 100 cm³/mol. The molecule has 0 spiro atoms. The lowest BCUT2D eigenvalue weighted by Gasteiger charge is -2.35. The van der Waals surface area contributed by atoms with Gasteiger partial charge in [0.15, 0.2) is 0 Å². The fourth-order valence-corrected chi connectivity index (χ4v) is 3.97. The van der Waals surface area contributed by atoms with Crippen molar-refractivity contribution in [2.75, 3.05) is 26.2 Å². The molecule has 1 amide bonds. The summed E-state index contributed by atoms with van der Waals surface area (Å²) in [5.74, 6) is 1.02. The highest BCUT2D eigenvalue weighted by Gasteiger charge is 2.45. The maximum atomic E-state index is 12.8. The first-order chi connectivity index (χ1) is 12.2. The third-order valence-corrected chi connectivity index (χ3v) is 5.51. The Bertz CT molecular complexity index is 735. The largest absolute Gasteiger partial charge is 0.340 e. The zero-order valence-corrected chi connectivity index (χ0v) is 14.9. The maximum Gasteiger partial charge on any atom is 0.226 e. The number of hydrogen-bond donors (Lipinski definition) is 0. The third-order valence-electron chi connectivity index (χ3n) is 5.51. The monoisotopic (exact) mass is 334 g/mol. The first-order valence-corrected chi connectivity index (χ1v) is 9.32. The molecule has 0 bridgehead atoms. The molecule has 0 N–H and O–H groups in total. The van der Waals surface area contributed by atoms with E-state index < -0.39 is 0 Å². The smallest absolute Gasteiger partial charge is 0.226 e. The standard InChI is InChI=1S/C22H26N2O/c1-17-6-5-7-18(14-17)16-23-10-12-24(13-11-23)22(25)21-15-20(21)19-8-3-2-4-9-19/h2-9,14,20-21H,10-13,15-16H2,1H3. The minimum atomic E-state index is 0.214. The summed E-state index contributed by atoms with van der Waals surface area (Å²) in [6.45, 7) is 6.80. The molecular weight excluding hydrogens is 308 g/mol. The van der Waals surface area contributed by atoms with Crippen LogP contribution in [0.5, 0.6) is 0 Å². The molecule has 2 aromatic rings. The summed E-state index contributed by atoms with van der Waals surface area (Å²) < 4.78 is 0. The number of nitrogens with zero attached hydrogens (tertiary/aromatic N) is 2. The summed E-state index contributed by atoms with van der Waals surface area (Å²) >= 11 is 0. The Kier molecular flexibility index (Phi) is 4.58. The average molecular weight is 334 g/mol. The van der Waals surface area contributed by atoms with Gasteiger partial charge in [-0.1, -0.05) is 60.2 Å². The van der Waals surface area contributed by atoms with Gasteiger partial charge in [-0.2, -0.15) is 0 Å². The molecule has 4 rings (SSSR count). The third kappa shape index (κ3) is 3.77. The number of rotatable bonds is 4. The molecule has 25 heavy (non-hydrogen) atoms. The van der Waals surface area contributed by atoms with E-state index in [1.807, 2.05) is 6.07 Å². The van der Waals surface area contributed by atoms with Crippen LogP contribution in [0.1, 0.15) is 29.0 Å². The van der Waals surface area contributed by atoms with E-state index in [0.717, 1.165) is 39.1 Å². The van der Waals surface area contributed by atoms with E-state index in [-0.39, 0.29) is 5.92 Å². The van der Waals surface area contributed by atoms with Gasteiger partial charge in [-0.3, -0.25) is 9.69 Å². The van der Waals surface area contributed by atoms with E-state index in [2.05, 4.69) is 65.3 Å². The number of amides is 1. The molecule has 3 nitrogen and oxygen atoms in total. The molecule has 1 aliphatic heterocycles. The molecule has 2 atom stereocenters. The minimum Gasteiger partial charge on any atom is -0.340 e. The van der Waals surface area contributed by atoms with Crippen LogP contribution in [0.2, 0.25) is 0 Å². The Morgan fingerprint density at radius 2 is 1.76 bits per heavy atom. The minimum absolute atomic E-state index is 0.214. The quantitative estimate of drug-likeness (QED) is 0.855. The Morgan fingerprint density at radius 1 is 1.00 bits per heavy atom. The van der Waals surface area contributed by atoms with Crippen LogP contribution in [0.15, 0.2) is 54.6 Å². The van der Waals surface area contributed by atoms with Crippen LogP contribution in [0.4, 0.5) is 0 Å². The zero-order valence-electron chi connectivity index (χ0n) is 14.9. The maximum absolute atomic E-state index is 12.8. The first kappa shape index (κ1) is 16.3. The van der Waals surface area contributed by atoms with Crippen LogP contribution in [-0.4, -0.2) is 41.9 Å². The highest BCUT2D eigenvalue weighted by Crippen LogP contribution is 2.48. The van der Waals surface area contributed by atoms with Gasteiger partial charge in [-0.25, -0.2) is 0 Å². The van der Waals surface area contributed by atoms with Crippen molar-refractivity contribution in [2.45, 2.75) is 25.8 Å². The molecule has 2 unspecified atom stereocenters. The second-order valence-corrected chi connectivity index (χ2v) is 7.45. The van der Waals surface area contributed by atoms with Gasteiger partial charge < -0.3 is 4.90 Å². The molecule has 0 aromatic heterocycles. The van der Waals surface area contributed by atoms with Gasteiger partial charge >= 0.3 is 0 Å². The number of carbonyl (C=O) groups is 1. The number of carbonyl (C=O) groups excluding carboxylic acids is 1. The lowest BCUT2D eigenvalue weighted by molar-refractivity contribution is -0.134. The highest BCUT2D eigenvalue weighted by atomic mass is 16.2. The van der Waals surface area contributed by atoms with Crippen LogP contribution in [-0.2, 0) is 11.3 Å². The zero-order chi connectivity index (χ0) is 17.2. The van der Waals surface area contributed by atoms with Crippen LogP contribution in [0.3, 0.4) is 0 Å². The van der Waals surface area contributed by atoms with Crippen molar-refractivity contribution in [2.24, 2.45) is 5.92 Å². The normalized spacial score (nSPS) is 23.5. The predicted octanol–water partition coefficient (Wildman–Crippen LogP) is 3.44.